The van der Waals surface area contributed by atoms with Crippen molar-refractivity contribution in [2.75, 3.05) is 0 Å². The molecule has 0 aliphatic rings. The first-order valence-corrected chi connectivity index (χ1v) is 2.99. The van der Waals surface area contributed by atoms with Crippen molar-refractivity contribution in [2.24, 2.45) is 5.73 Å². The number of hydrogen-bond acceptors (Lipinski definition) is 2. The lowest BCUT2D eigenvalue weighted by molar-refractivity contribution is 1.35. The monoisotopic (exact) mass is 134 g/mol. The number of rotatable bonds is 3. The molecule has 0 amide bonds. The van der Waals surface area contributed by atoms with Crippen LogP contribution in [0.5, 0.6) is 0 Å². The second-order valence-corrected chi connectivity index (χ2v) is 1.56. The average molecular weight is 134 g/mol. The molecule has 2 nitrogen and oxygen atoms in total. The van der Waals surface area contributed by atoms with E-state index in [1.165, 1.54) is 6.20 Å². The van der Waals surface area contributed by atoms with Gasteiger partial charge in [-0.2, -0.15) is 5.26 Å². The third-order valence-electron chi connectivity index (χ3n) is 0.790. The zero-order valence-corrected chi connectivity index (χ0v) is 5.70. The van der Waals surface area contributed by atoms with E-state index < -0.39 is 0 Å². The highest BCUT2D eigenvalue weighted by molar-refractivity contribution is 5.11. The van der Waals surface area contributed by atoms with Crippen LogP contribution in [0.3, 0.4) is 0 Å². The van der Waals surface area contributed by atoms with Crippen LogP contribution in [-0.2, 0) is 0 Å². The van der Waals surface area contributed by atoms with E-state index in [9.17, 15) is 0 Å². The molecule has 0 saturated heterocycles. The predicted molar refractivity (Wildman–Crippen MR) is 41.8 cm³/mol. The summed E-state index contributed by atoms with van der Waals surface area (Å²) in [7, 11) is 0. The molecule has 0 aromatic rings. The summed E-state index contributed by atoms with van der Waals surface area (Å²) in [5.41, 5.74) is 5.06. The summed E-state index contributed by atoms with van der Waals surface area (Å²) in [6, 6.07) is 2.00. The molecule has 52 valence electrons. The molecule has 0 aromatic carbocycles. The van der Waals surface area contributed by atoms with E-state index in [0.29, 0.717) is 6.42 Å². The quantitative estimate of drug-likeness (QED) is 0.594. The first-order valence-electron chi connectivity index (χ1n) is 2.99. The van der Waals surface area contributed by atoms with Gasteiger partial charge in [0.15, 0.2) is 0 Å². The topological polar surface area (TPSA) is 49.8 Å². The summed E-state index contributed by atoms with van der Waals surface area (Å²) in [6.45, 7) is 0. The van der Waals surface area contributed by atoms with Gasteiger partial charge in [-0.1, -0.05) is 24.3 Å². The zero-order valence-electron chi connectivity index (χ0n) is 5.70. The fourth-order valence-corrected chi connectivity index (χ4v) is 0.392. The Hall–Kier alpha value is -1.49. The Bertz CT molecular complexity index is 182. The van der Waals surface area contributed by atoms with Gasteiger partial charge in [0.25, 0.3) is 0 Å². The molecule has 10 heavy (non-hydrogen) atoms. The van der Waals surface area contributed by atoms with Gasteiger partial charge in [0.2, 0.25) is 0 Å². The maximum absolute atomic E-state index is 8.11. The molecule has 0 rings (SSSR count). The Morgan fingerprint density at radius 2 is 1.90 bits per heavy atom. The maximum Gasteiger partial charge on any atom is 0.0663 e. The minimum Gasteiger partial charge on any atom is -0.405 e. The van der Waals surface area contributed by atoms with Crippen LogP contribution in [0.15, 0.2) is 36.6 Å². The van der Waals surface area contributed by atoms with Crippen molar-refractivity contribution in [1.82, 2.24) is 0 Å². The molecular formula is C8H10N2. The number of hydrogen-bond donors (Lipinski definition) is 1. The van der Waals surface area contributed by atoms with Crippen LogP contribution in [0, 0.1) is 11.3 Å². The summed E-state index contributed by atoms with van der Waals surface area (Å²) in [5, 5.41) is 8.11. The highest BCUT2D eigenvalue weighted by Crippen LogP contribution is 1.81. The smallest absolute Gasteiger partial charge is 0.0663 e. The van der Waals surface area contributed by atoms with Crippen LogP contribution in [0.1, 0.15) is 6.42 Å². The minimum absolute atomic E-state index is 0.455. The van der Waals surface area contributed by atoms with Crippen LogP contribution < -0.4 is 5.73 Å². The summed E-state index contributed by atoms with van der Waals surface area (Å²) >= 11 is 0. The lowest BCUT2D eigenvalue weighted by Gasteiger charge is -1.71. The van der Waals surface area contributed by atoms with Crippen molar-refractivity contribution in [2.45, 2.75) is 6.42 Å². The van der Waals surface area contributed by atoms with Crippen molar-refractivity contribution in [3.63, 3.8) is 0 Å². The van der Waals surface area contributed by atoms with Gasteiger partial charge >= 0.3 is 0 Å². The van der Waals surface area contributed by atoms with E-state index in [4.69, 9.17) is 11.0 Å². The number of allylic oxidation sites excluding steroid dienone is 5. The highest BCUT2D eigenvalue weighted by Gasteiger charge is 1.65. The minimum atomic E-state index is 0.455. The average Bonchev–Trinajstić information content (AvgIpc) is 1.97. The molecule has 2 heteroatoms. The van der Waals surface area contributed by atoms with Gasteiger partial charge in [-0.15, -0.1) is 0 Å². The molecule has 0 aromatic heterocycles. The molecule has 0 unspecified atom stereocenters. The van der Waals surface area contributed by atoms with Gasteiger partial charge < -0.3 is 5.73 Å². The fourth-order valence-electron chi connectivity index (χ4n) is 0.392. The Morgan fingerprint density at radius 3 is 2.50 bits per heavy atom. The van der Waals surface area contributed by atoms with Crippen molar-refractivity contribution >= 4 is 0 Å². The molecule has 2 N–H and O–H groups in total. The summed E-state index contributed by atoms with van der Waals surface area (Å²) in [4.78, 5) is 0. The molecule has 0 saturated carbocycles. The van der Waals surface area contributed by atoms with Gasteiger partial charge in [0.05, 0.1) is 12.5 Å². The molecule has 0 aliphatic carbocycles. The predicted octanol–water partition coefficient (Wildman–Crippen LogP) is 1.48. The van der Waals surface area contributed by atoms with Crippen molar-refractivity contribution in [1.29, 1.82) is 5.26 Å². The maximum atomic E-state index is 8.11. The second-order valence-electron chi connectivity index (χ2n) is 1.56. The third kappa shape index (κ3) is 6.51. The first kappa shape index (κ1) is 8.51. The van der Waals surface area contributed by atoms with Gasteiger partial charge in [-0.25, -0.2) is 0 Å². The van der Waals surface area contributed by atoms with Crippen LogP contribution in [0.25, 0.3) is 0 Å². The van der Waals surface area contributed by atoms with Gasteiger partial charge in [0.1, 0.15) is 0 Å². The Balaban J connectivity index is 3.44. The van der Waals surface area contributed by atoms with E-state index in [-0.39, 0.29) is 0 Å². The summed E-state index contributed by atoms with van der Waals surface area (Å²) < 4.78 is 0. The SMILES string of the molecule is N#CC/C=C/C=C\C=C\N. The van der Waals surface area contributed by atoms with Crippen LogP contribution in [0.4, 0.5) is 0 Å². The van der Waals surface area contributed by atoms with Crippen molar-refractivity contribution in [3.8, 4) is 6.07 Å². The van der Waals surface area contributed by atoms with Crippen LogP contribution in [0.2, 0.25) is 0 Å². The largest absolute Gasteiger partial charge is 0.405 e. The van der Waals surface area contributed by atoms with E-state index in [2.05, 4.69) is 0 Å². The molecule has 0 fully saturated rings. The molecule has 0 atom stereocenters. The second kappa shape index (κ2) is 7.51. The number of nitrogens with two attached hydrogens (primary N) is 1. The lowest BCUT2D eigenvalue weighted by atomic mass is 10.4. The first-order chi connectivity index (χ1) is 4.91. The van der Waals surface area contributed by atoms with Crippen molar-refractivity contribution < 1.29 is 0 Å². The van der Waals surface area contributed by atoms with Gasteiger partial charge in [-0.3, -0.25) is 0 Å². The van der Waals surface area contributed by atoms with Crippen LogP contribution >= 0.6 is 0 Å². The van der Waals surface area contributed by atoms with E-state index in [1.807, 2.05) is 18.2 Å². The Kier molecular flexibility index (Phi) is 6.39. The van der Waals surface area contributed by atoms with E-state index in [1.54, 1.807) is 18.2 Å². The Labute approximate surface area is 61.0 Å². The summed E-state index contributed by atoms with van der Waals surface area (Å²) in [5.74, 6) is 0. The Morgan fingerprint density at radius 1 is 1.20 bits per heavy atom. The number of nitrogens with zero attached hydrogens (tertiary/aromatic N) is 1. The standard InChI is InChI=1S/C8H10N2/c9-7-5-3-1-2-4-6-8-10/h1-5,7H,6,9H2/b3-1-,4-2+,7-5+. The normalized spacial score (nSPS) is 11.5. The molecule has 0 heterocycles. The number of nitriles is 1. The zero-order chi connectivity index (χ0) is 7.66. The van der Waals surface area contributed by atoms with Crippen molar-refractivity contribution in [3.05, 3.63) is 36.6 Å². The molecular weight excluding hydrogens is 124 g/mol. The third-order valence-corrected chi connectivity index (χ3v) is 0.790. The molecule has 0 radical (unpaired) electrons. The van der Waals surface area contributed by atoms with Crippen LogP contribution in [-0.4, -0.2) is 0 Å². The van der Waals surface area contributed by atoms with E-state index >= 15 is 0 Å². The van der Waals surface area contributed by atoms with Gasteiger partial charge in [-0.05, 0) is 12.3 Å². The molecule has 0 bridgehead atoms. The lowest BCUT2D eigenvalue weighted by Crippen LogP contribution is -1.71. The highest BCUT2D eigenvalue weighted by atomic mass is 14.5. The van der Waals surface area contributed by atoms with E-state index in [0.717, 1.165) is 0 Å². The molecule has 0 aliphatic heterocycles. The van der Waals surface area contributed by atoms with Gasteiger partial charge in [0, 0.05) is 0 Å². The molecule has 0 spiro atoms. The fraction of sp³-hybridized carbons (Fsp3) is 0.125. The summed E-state index contributed by atoms with van der Waals surface area (Å²) in [6.07, 6.45) is 10.8.